The van der Waals surface area contributed by atoms with Gasteiger partial charge in [-0.2, -0.15) is 0 Å². The van der Waals surface area contributed by atoms with E-state index in [0.29, 0.717) is 6.42 Å². The number of nitrogens with one attached hydrogen (secondary N) is 1. The third-order valence-corrected chi connectivity index (χ3v) is 3.79. The first kappa shape index (κ1) is 14.5. The van der Waals surface area contributed by atoms with E-state index in [9.17, 15) is 4.79 Å². The zero-order chi connectivity index (χ0) is 12.7. The third-order valence-electron chi connectivity index (χ3n) is 2.18. The molecule has 5 heteroatoms. The number of ether oxygens (including phenoxy) is 1. The molecule has 0 saturated heterocycles. The van der Waals surface area contributed by atoms with E-state index in [2.05, 4.69) is 38.1 Å². The minimum Gasteiger partial charge on any atom is -0.469 e. The maximum absolute atomic E-state index is 11.0. The van der Waals surface area contributed by atoms with Crippen molar-refractivity contribution in [1.82, 2.24) is 5.32 Å². The molecule has 0 radical (unpaired) electrons. The van der Waals surface area contributed by atoms with E-state index in [0.717, 1.165) is 16.8 Å². The molecule has 0 aliphatic heterocycles. The van der Waals surface area contributed by atoms with Crippen molar-refractivity contribution >= 4 is 33.7 Å². The van der Waals surface area contributed by atoms with Gasteiger partial charge in [0.05, 0.1) is 13.5 Å². The molecule has 1 N–H and O–H groups in total. The number of hydrogen-bond donors (Lipinski definition) is 1. The van der Waals surface area contributed by atoms with Crippen LogP contribution in [0, 0.1) is 0 Å². The van der Waals surface area contributed by atoms with Crippen LogP contribution in [0.5, 0.6) is 0 Å². The predicted molar refractivity (Wildman–Crippen MR) is 74.3 cm³/mol. The number of esters is 1. The number of hydrogen-bond acceptors (Lipinski definition) is 4. The summed E-state index contributed by atoms with van der Waals surface area (Å²) in [6, 6.07) is 6.18. The van der Waals surface area contributed by atoms with Crippen molar-refractivity contribution in [3.05, 3.63) is 28.2 Å². The molecule has 0 bridgehead atoms. The Morgan fingerprint density at radius 3 is 2.94 bits per heavy atom. The maximum atomic E-state index is 11.0. The molecule has 0 spiro atoms. The summed E-state index contributed by atoms with van der Waals surface area (Å²) in [4.78, 5) is 12.2. The Morgan fingerprint density at radius 2 is 2.29 bits per heavy atom. The average molecular weight is 318 g/mol. The molecular weight excluding hydrogens is 302 g/mol. The van der Waals surface area contributed by atoms with Crippen molar-refractivity contribution in [2.45, 2.75) is 17.9 Å². The van der Waals surface area contributed by atoms with Crippen molar-refractivity contribution < 1.29 is 9.53 Å². The minimum atomic E-state index is -0.162. The third kappa shape index (κ3) is 5.10. The molecule has 94 valence electrons. The first-order valence-corrected chi connectivity index (χ1v) is 7.08. The first-order valence-electron chi connectivity index (χ1n) is 5.30. The van der Waals surface area contributed by atoms with Crippen LogP contribution in [-0.4, -0.2) is 25.9 Å². The lowest BCUT2D eigenvalue weighted by molar-refractivity contribution is -0.140. The summed E-state index contributed by atoms with van der Waals surface area (Å²) < 4.78 is 5.68. The summed E-state index contributed by atoms with van der Waals surface area (Å²) in [5.74, 6) is 0.579. The fourth-order valence-corrected chi connectivity index (χ4v) is 2.74. The fourth-order valence-electron chi connectivity index (χ4n) is 1.36. The van der Waals surface area contributed by atoms with Crippen molar-refractivity contribution in [3.63, 3.8) is 0 Å². The maximum Gasteiger partial charge on any atom is 0.306 e. The fraction of sp³-hybridized carbons (Fsp3) is 0.417. The largest absolute Gasteiger partial charge is 0.469 e. The Hall–Kier alpha value is -0.520. The topological polar surface area (TPSA) is 38.3 Å². The Kier molecular flexibility index (Phi) is 6.62. The molecule has 0 aromatic heterocycles. The molecule has 0 heterocycles. The van der Waals surface area contributed by atoms with Crippen molar-refractivity contribution in [2.24, 2.45) is 0 Å². The Bertz CT molecular complexity index is 385. The van der Waals surface area contributed by atoms with Gasteiger partial charge in [0, 0.05) is 21.7 Å². The molecule has 0 fully saturated rings. The van der Waals surface area contributed by atoms with E-state index in [1.165, 1.54) is 17.6 Å². The zero-order valence-electron chi connectivity index (χ0n) is 9.96. The van der Waals surface area contributed by atoms with Gasteiger partial charge in [0.1, 0.15) is 0 Å². The highest BCUT2D eigenvalue weighted by molar-refractivity contribution is 9.10. The highest BCUT2D eigenvalue weighted by atomic mass is 79.9. The number of carbonyl (C=O) groups is 1. The Morgan fingerprint density at radius 1 is 1.53 bits per heavy atom. The second-order valence-electron chi connectivity index (χ2n) is 3.46. The van der Waals surface area contributed by atoms with Gasteiger partial charge >= 0.3 is 5.97 Å². The second kappa shape index (κ2) is 7.74. The van der Waals surface area contributed by atoms with Crippen LogP contribution in [0.15, 0.2) is 27.6 Å². The van der Waals surface area contributed by atoms with Gasteiger partial charge in [-0.3, -0.25) is 4.79 Å². The van der Waals surface area contributed by atoms with E-state index in [4.69, 9.17) is 0 Å². The van der Waals surface area contributed by atoms with Gasteiger partial charge in [-0.05, 0) is 30.8 Å². The number of benzene rings is 1. The number of thioether (sulfide) groups is 1. The number of rotatable bonds is 6. The van der Waals surface area contributed by atoms with Gasteiger partial charge in [-0.25, -0.2) is 0 Å². The number of methoxy groups -OCH3 is 1. The second-order valence-corrected chi connectivity index (χ2v) is 5.51. The van der Waals surface area contributed by atoms with Crippen molar-refractivity contribution in [1.29, 1.82) is 0 Å². The molecular formula is C12H16BrNO2S. The van der Waals surface area contributed by atoms with Gasteiger partial charge in [0.15, 0.2) is 0 Å². The number of carbonyl (C=O) groups excluding carboxylic acids is 1. The molecule has 1 aromatic rings. The standard InChI is InChI=1S/C12H16BrNO2S/c1-14-8-9-7-10(13)3-4-11(9)17-6-5-12(15)16-2/h3-4,7,14H,5-6,8H2,1-2H3. The highest BCUT2D eigenvalue weighted by Crippen LogP contribution is 2.26. The van der Waals surface area contributed by atoms with E-state index < -0.39 is 0 Å². The SMILES string of the molecule is CNCc1cc(Br)ccc1SCCC(=O)OC. The van der Waals surface area contributed by atoms with E-state index in [1.807, 2.05) is 13.1 Å². The minimum absolute atomic E-state index is 0.162. The van der Waals surface area contributed by atoms with Crippen LogP contribution in [0.4, 0.5) is 0 Å². The van der Waals surface area contributed by atoms with Gasteiger partial charge in [0.25, 0.3) is 0 Å². The summed E-state index contributed by atoms with van der Waals surface area (Å²) >= 11 is 5.14. The lowest BCUT2D eigenvalue weighted by atomic mass is 10.2. The normalized spacial score (nSPS) is 10.3. The van der Waals surface area contributed by atoms with Crippen LogP contribution < -0.4 is 5.32 Å². The Labute approximate surface area is 114 Å². The molecule has 0 atom stereocenters. The molecule has 0 saturated carbocycles. The molecule has 0 amide bonds. The first-order chi connectivity index (χ1) is 8.17. The van der Waals surface area contributed by atoms with Crippen LogP contribution in [-0.2, 0) is 16.1 Å². The van der Waals surface area contributed by atoms with E-state index in [1.54, 1.807) is 11.8 Å². The molecule has 1 aromatic carbocycles. The summed E-state index contributed by atoms with van der Waals surface area (Å²) in [5, 5.41) is 3.14. The Balaban J connectivity index is 2.60. The molecule has 17 heavy (non-hydrogen) atoms. The summed E-state index contributed by atoms with van der Waals surface area (Å²) in [6.07, 6.45) is 0.441. The predicted octanol–water partition coefficient (Wildman–Crippen LogP) is 2.82. The molecule has 3 nitrogen and oxygen atoms in total. The zero-order valence-corrected chi connectivity index (χ0v) is 12.4. The van der Waals surface area contributed by atoms with Crippen LogP contribution in [0.1, 0.15) is 12.0 Å². The number of halogens is 1. The van der Waals surface area contributed by atoms with E-state index >= 15 is 0 Å². The average Bonchev–Trinajstić information content (AvgIpc) is 2.32. The summed E-state index contributed by atoms with van der Waals surface area (Å²) in [5.41, 5.74) is 1.23. The van der Waals surface area contributed by atoms with E-state index in [-0.39, 0.29) is 5.97 Å². The van der Waals surface area contributed by atoms with Crippen LogP contribution in [0.3, 0.4) is 0 Å². The lowest BCUT2D eigenvalue weighted by Crippen LogP contribution is -2.06. The van der Waals surface area contributed by atoms with Crippen LogP contribution >= 0.6 is 27.7 Å². The van der Waals surface area contributed by atoms with Crippen LogP contribution in [0.25, 0.3) is 0 Å². The molecule has 0 aliphatic rings. The van der Waals surface area contributed by atoms with Crippen LogP contribution in [0.2, 0.25) is 0 Å². The van der Waals surface area contributed by atoms with Gasteiger partial charge in [-0.15, -0.1) is 11.8 Å². The summed E-state index contributed by atoms with van der Waals surface area (Å²) in [6.45, 7) is 0.819. The van der Waals surface area contributed by atoms with Gasteiger partial charge in [0.2, 0.25) is 0 Å². The molecule has 1 rings (SSSR count). The molecule has 0 aliphatic carbocycles. The van der Waals surface area contributed by atoms with Crippen molar-refractivity contribution in [3.8, 4) is 0 Å². The van der Waals surface area contributed by atoms with Crippen molar-refractivity contribution in [2.75, 3.05) is 19.9 Å². The van der Waals surface area contributed by atoms with Gasteiger partial charge < -0.3 is 10.1 Å². The highest BCUT2D eigenvalue weighted by Gasteiger charge is 2.05. The smallest absolute Gasteiger partial charge is 0.306 e. The monoisotopic (exact) mass is 317 g/mol. The quantitative estimate of drug-likeness (QED) is 0.647. The lowest BCUT2D eigenvalue weighted by Gasteiger charge is -2.09. The summed E-state index contributed by atoms with van der Waals surface area (Å²) in [7, 11) is 3.34. The molecule has 0 unspecified atom stereocenters. The van der Waals surface area contributed by atoms with Gasteiger partial charge in [-0.1, -0.05) is 15.9 Å².